The molecule has 1 aliphatic rings. The van der Waals surface area contributed by atoms with Crippen LogP contribution in [0.5, 0.6) is 0 Å². The summed E-state index contributed by atoms with van der Waals surface area (Å²) in [5, 5.41) is 3.36. The van der Waals surface area contributed by atoms with Crippen molar-refractivity contribution < 1.29 is 8.42 Å². The average Bonchev–Trinajstić information content (AvgIpc) is 3.21. The van der Waals surface area contributed by atoms with Crippen molar-refractivity contribution in [3.63, 3.8) is 0 Å². The number of hydrogen-bond acceptors (Lipinski definition) is 4. The van der Waals surface area contributed by atoms with Crippen LogP contribution in [0.15, 0.2) is 22.8 Å². The zero-order valence-corrected chi connectivity index (χ0v) is 13.7. The smallest absolute Gasteiger partial charge is 0.302 e. The van der Waals surface area contributed by atoms with E-state index in [-0.39, 0.29) is 0 Å². The normalized spacial score (nSPS) is 15.6. The lowest BCUT2D eigenvalue weighted by atomic mass is 10.4. The Morgan fingerprint density at radius 3 is 2.80 bits per heavy atom. The zero-order chi connectivity index (χ0) is 14.6. The molecule has 0 radical (unpaired) electrons. The van der Waals surface area contributed by atoms with Gasteiger partial charge in [-0.2, -0.15) is 12.7 Å². The number of nitrogens with one attached hydrogen (secondary N) is 2. The first-order valence-electron chi connectivity index (χ1n) is 6.56. The first-order valence-corrected chi connectivity index (χ1v) is 8.80. The van der Waals surface area contributed by atoms with Crippen LogP contribution in [-0.4, -0.2) is 43.9 Å². The van der Waals surface area contributed by atoms with E-state index >= 15 is 0 Å². The van der Waals surface area contributed by atoms with E-state index < -0.39 is 10.2 Å². The standard InChI is InChI=1S/C12H19BrN4O2S/c1-17(8-2-7-14-11-4-5-11)20(18,19)16-12-6-3-10(13)9-15-12/h3,6,9,11,14H,2,4-5,7-8H2,1H3,(H,15,16). The van der Waals surface area contributed by atoms with Gasteiger partial charge in [-0.1, -0.05) is 0 Å². The van der Waals surface area contributed by atoms with Crippen LogP contribution >= 0.6 is 15.9 Å². The molecule has 0 aromatic carbocycles. The highest BCUT2D eigenvalue weighted by molar-refractivity contribution is 9.10. The van der Waals surface area contributed by atoms with Gasteiger partial charge >= 0.3 is 10.2 Å². The van der Waals surface area contributed by atoms with Crippen molar-refractivity contribution in [1.82, 2.24) is 14.6 Å². The molecule has 0 saturated heterocycles. The van der Waals surface area contributed by atoms with Crippen molar-refractivity contribution in [2.24, 2.45) is 0 Å². The van der Waals surface area contributed by atoms with Gasteiger partial charge in [0.25, 0.3) is 0 Å². The first-order chi connectivity index (χ1) is 9.47. The SMILES string of the molecule is CN(CCCNC1CC1)S(=O)(=O)Nc1ccc(Br)cn1. The van der Waals surface area contributed by atoms with E-state index in [0.717, 1.165) is 17.4 Å². The first kappa shape index (κ1) is 15.7. The van der Waals surface area contributed by atoms with Gasteiger partial charge in [-0.3, -0.25) is 4.72 Å². The van der Waals surface area contributed by atoms with E-state index in [0.29, 0.717) is 18.4 Å². The lowest BCUT2D eigenvalue weighted by Gasteiger charge is -2.17. The molecule has 2 rings (SSSR count). The molecular formula is C12H19BrN4O2S. The second-order valence-electron chi connectivity index (χ2n) is 4.87. The molecule has 0 unspecified atom stereocenters. The van der Waals surface area contributed by atoms with Crippen LogP contribution in [-0.2, 0) is 10.2 Å². The fraction of sp³-hybridized carbons (Fsp3) is 0.583. The molecule has 2 N–H and O–H groups in total. The largest absolute Gasteiger partial charge is 0.314 e. The summed E-state index contributed by atoms with van der Waals surface area (Å²) in [5.74, 6) is 0.316. The van der Waals surface area contributed by atoms with Gasteiger partial charge in [0.05, 0.1) is 0 Å². The maximum atomic E-state index is 12.1. The molecule has 0 bridgehead atoms. The van der Waals surface area contributed by atoms with E-state index in [2.05, 4.69) is 31.0 Å². The summed E-state index contributed by atoms with van der Waals surface area (Å²) >= 11 is 3.26. The van der Waals surface area contributed by atoms with Gasteiger partial charge in [-0.05, 0) is 53.9 Å². The molecule has 8 heteroatoms. The molecule has 0 atom stereocenters. The van der Waals surface area contributed by atoms with Crippen LogP contribution < -0.4 is 10.0 Å². The van der Waals surface area contributed by atoms with Crippen LogP contribution in [0.2, 0.25) is 0 Å². The molecule has 1 heterocycles. The van der Waals surface area contributed by atoms with Crippen LogP contribution in [0.3, 0.4) is 0 Å². The minimum atomic E-state index is -3.53. The molecule has 0 aliphatic heterocycles. The van der Waals surface area contributed by atoms with E-state index in [4.69, 9.17) is 0 Å². The molecule has 1 saturated carbocycles. The molecule has 0 spiro atoms. The highest BCUT2D eigenvalue weighted by Gasteiger charge is 2.21. The summed E-state index contributed by atoms with van der Waals surface area (Å²) in [5.41, 5.74) is 0. The van der Waals surface area contributed by atoms with Crippen LogP contribution in [0.25, 0.3) is 0 Å². The van der Waals surface area contributed by atoms with E-state index in [9.17, 15) is 8.42 Å². The summed E-state index contributed by atoms with van der Waals surface area (Å²) < 4.78 is 28.7. The number of aromatic nitrogens is 1. The van der Waals surface area contributed by atoms with Gasteiger partial charge in [-0.25, -0.2) is 4.98 Å². The maximum Gasteiger partial charge on any atom is 0.302 e. The van der Waals surface area contributed by atoms with Crippen molar-refractivity contribution in [3.8, 4) is 0 Å². The lowest BCUT2D eigenvalue weighted by Crippen LogP contribution is -2.34. The summed E-state index contributed by atoms with van der Waals surface area (Å²) in [4.78, 5) is 4.00. The van der Waals surface area contributed by atoms with E-state index in [1.54, 1.807) is 25.4 Å². The van der Waals surface area contributed by atoms with Gasteiger partial charge < -0.3 is 5.32 Å². The molecule has 1 aliphatic carbocycles. The Bertz CT molecular complexity index is 531. The predicted molar refractivity (Wildman–Crippen MR) is 82.8 cm³/mol. The molecule has 1 fully saturated rings. The topological polar surface area (TPSA) is 74.3 Å². The summed E-state index contributed by atoms with van der Waals surface area (Å²) in [6, 6.07) is 4.01. The fourth-order valence-corrected chi connectivity index (χ4v) is 2.81. The average molecular weight is 363 g/mol. The number of hydrogen-bond donors (Lipinski definition) is 2. The third-order valence-corrected chi connectivity index (χ3v) is 4.97. The minimum absolute atomic E-state index is 0.316. The van der Waals surface area contributed by atoms with E-state index in [1.807, 2.05) is 0 Å². The summed E-state index contributed by atoms with van der Waals surface area (Å²) in [6.45, 7) is 1.33. The Morgan fingerprint density at radius 1 is 1.45 bits per heavy atom. The van der Waals surface area contributed by atoms with Crippen molar-refractivity contribution in [2.75, 3.05) is 24.9 Å². The highest BCUT2D eigenvalue weighted by atomic mass is 79.9. The fourth-order valence-electron chi connectivity index (χ4n) is 1.66. The summed E-state index contributed by atoms with van der Waals surface area (Å²) in [7, 11) is -1.97. The van der Waals surface area contributed by atoms with Gasteiger partial charge in [-0.15, -0.1) is 0 Å². The quantitative estimate of drug-likeness (QED) is 0.688. The molecular weight excluding hydrogens is 344 g/mol. The third-order valence-electron chi connectivity index (χ3n) is 3.03. The van der Waals surface area contributed by atoms with Crippen LogP contribution in [0.1, 0.15) is 19.3 Å². The number of halogens is 1. The maximum absolute atomic E-state index is 12.1. The Hall–Kier alpha value is -0.700. The van der Waals surface area contributed by atoms with Crippen molar-refractivity contribution >= 4 is 32.0 Å². The minimum Gasteiger partial charge on any atom is -0.314 e. The number of nitrogens with zero attached hydrogens (tertiary/aromatic N) is 2. The molecule has 20 heavy (non-hydrogen) atoms. The van der Waals surface area contributed by atoms with Crippen molar-refractivity contribution in [2.45, 2.75) is 25.3 Å². The van der Waals surface area contributed by atoms with E-state index in [1.165, 1.54) is 17.1 Å². The molecule has 1 aromatic rings. The summed E-state index contributed by atoms with van der Waals surface area (Å²) in [6.07, 6.45) is 4.83. The monoisotopic (exact) mass is 362 g/mol. The van der Waals surface area contributed by atoms with Gasteiger partial charge in [0.15, 0.2) is 0 Å². The Labute approximate surface area is 128 Å². The number of pyridine rings is 1. The predicted octanol–water partition coefficient (Wildman–Crippen LogP) is 1.57. The molecule has 0 amide bonds. The molecule has 6 nitrogen and oxygen atoms in total. The molecule has 112 valence electrons. The van der Waals surface area contributed by atoms with Crippen molar-refractivity contribution in [3.05, 3.63) is 22.8 Å². The Morgan fingerprint density at radius 2 is 2.20 bits per heavy atom. The number of rotatable bonds is 8. The number of anilines is 1. The highest BCUT2D eigenvalue weighted by Crippen LogP contribution is 2.18. The van der Waals surface area contributed by atoms with Gasteiger partial charge in [0.1, 0.15) is 5.82 Å². The zero-order valence-electron chi connectivity index (χ0n) is 11.3. The van der Waals surface area contributed by atoms with Crippen molar-refractivity contribution in [1.29, 1.82) is 0 Å². The second-order valence-corrected chi connectivity index (χ2v) is 7.57. The Balaban J connectivity index is 1.79. The molecule has 1 aromatic heterocycles. The lowest BCUT2D eigenvalue weighted by molar-refractivity contribution is 0.457. The van der Waals surface area contributed by atoms with Gasteiger partial charge in [0, 0.05) is 30.3 Å². The van der Waals surface area contributed by atoms with Crippen LogP contribution in [0.4, 0.5) is 5.82 Å². The Kier molecular flexibility index (Phi) is 5.36. The van der Waals surface area contributed by atoms with Gasteiger partial charge in [0.2, 0.25) is 0 Å². The van der Waals surface area contributed by atoms with Crippen LogP contribution in [0, 0.1) is 0 Å². The second kappa shape index (κ2) is 6.84. The third kappa shape index (κ3) is 5.01.